The van der Waals surface area contributed by atoms with E-state index in [0.29, 0.717) is 42.2 Å². The number of anilines is 2. The maximum Gasteiger partial charge on any atom is 0.303 e. The largest absolute Gasteiger partial charge is 0.497 e. The smallest absolute Gasteiger partial charge is 0.303 e. The number of methoxy groups -OCH3 is 1. The quantitative estimate of drug-likeness (QED) is 0.0488. The van der Waals surface area contributed by atoms with E-state index >= 15 is 0 Å². The number of carboxylic acid groups (broad SMARTS) is 1. The number of carbonyl (C=O) groups is 2. The van der Waals surface area contributed by atoms with Crippen molar-refractivity contribution in [3.8, 4) is 11.6 Å². The van der Waals surface area contributed by atoms with Crippen molar-refractivity contribution in [1.29, 1.82) is 0 Å². The van der Waals surface area contributed by atoms with Crippen LogP contribution in [0.4, 0.5) is 11.5 Å². The fourth-order valence-electron chi connectivity index (χ4n) is 9.86. The second kappa shape index (κ2) is 27.0. The van der Waals surface area contributed by atoms with E-state index < -0.39 is 5.97 Å². The Kier molecular flexibility index (Phi) is 21.6. The van der Waals surface area contributed by atoms with Crippen molar-refractivity contribution >= 4 is 23.4 Å². The predicted molar refractivity (Wildman–Crippen MR) is 271 cm³/mol. The molecule has 1 aromatic carbocycles. The average Bonchev–Trinajstić information content (AvgIpc) is 4.14. The minimum Gasteiger partial charge on any atom is -0.497 e. The third-order valence-electron chi connectivity index (χ3n) is 14.0. The molecule has 1 aliphatic heterocycles. The van der Waals surface area contributed by atoms with Crippen molar-refractivity contribution in [2.24, 2.45) is 17.3 Å². The van der Waals surface area contributed by atoms with Gasteiger partial charge in [-0.25, -0.2) is 9.97 Å². The number of hydrogen-bond acceptors (Lipinski definition) is 7. The minimum absolute atomic E-state index is 0.00636. The van der Waals surface area contributed by atoms with Crippen LogP contribution in [0.1, 0.15) is 183 Å². The van der Waals surface area contributed by atoms with Gasteiger partial charge in [0.15, 0.2) is 0 Å². The van der Waals surface area contributed by atoms with Gasteiger partial charge in [-0.1, -0.05) is 110 Å². The number of nitrogens with zero attached hydrogens (tertiary/aromatic N) is 5. The van der Waals surface area contributed by atoms with Gasteiger partial charge in [0.25, 0.3) is 5.91 Å². The minimum atomic E-state index is -0.766. The number of unbranched alkanes of at least 4 members (excludes halogenated alkanes) is 15. The van der Waals surface area contributed by atoms with E-state index in [4.69, 9.17) is 14.5 Å². The van der Waals surface area contributed by atoms with Crippen LogP contribution in [0.5, 0.6) is 11.6 Å². The summed E-state index contributed by atoms with van der Waals surface area (Å²) in [6.45, 7) is 10.6. The van der Waals surface area contributed by atoms with E-state index in [-0.39, 0.29) is 23.7 Å². The lowest BCUT2D eigenvalue weighted by Gasteiger charge is -2.36. The van der Waals surface area contributed by atoms with Crippen LogP contribution in [0.25, 0.3) is 0 Å². The summed E-state index contributed by atoms with van der Waals surface area (Å²) in [4.78, 5) is 40.1. The predicted octanol–water partition coefficient (Wildman–Crippen LogP) is 13.1. The number of carboxylic acids is 1. The van der Waals surface area contributed by atoms with Gasteiger partial charge < -0.3 is 24.0 Å². The van der Waals surface area contributed by atoms with Gasteiger partial charge in [-0.2, -0.15) is 0 Å². The number of hydrogen-bond donors (Lipinski definition) is 1. The molecule has 1 saturated carbocycles. The van der Waals surface area contributed by atoms with Crippen LogP contribution in [-0.4, -0.2) is 92.5 Å². The van der Waals surface area contributed by atoms with Gasteiger partial charge in [0.1, 0.15) is 11.6 Å². The summed E-state index contributed by atoms with van der Waals surface area (Å²) in [5.41, 5.74) is 3.35. The molecule has 2 aliphatic rings. The number of benzene rings is 1. The van der Waals surface area contributed by atoms with Crippen molar-refractivity contribution in [2.45, 2.75) is 168 Å². The first-order valence-corrected chi connectivity index (χ1v) is 26.0. The molecule has 1 amide bonds. The fraction of sp³-hybridized carbons (Fsp3) is 0.679. The van der Waals surface area contributed by atoms with E-state index in [1.165, 1.54) is 103 Å². The Labute approximate surface area is 399 Å². The molecule has 3 heterocycles. The number of piperidine rings is 1. The van der Waals surface area contributed by atoms with Crippen LogP contribution in [0, 0.1) is 24.2 Å². The first-order chi connectivity index (χ1) is 31.7. The lowest BCUT2D eigenvalue weighted by atomic mass is 9.85. The molecule has 0 spiro atoms. The summed E-state index contributed by atoms with van der Waals surface area (Å²) >= 11 is 0. The lowest BCUT2D eigenvalue weighted by molar-refractivity contribution is -0.870. The molecule has 10 nitrogen and oxygen atoms in total. The van der Waals surface area contributed by atoms with Gasteiger partial charge in [-0.15, -0.1) is 0 Å². The molecule has 66 heavy (non-hydrogen) atoms. The highest BCUT2D eigenvalue weighted by molar-refractivity contribution is 6.09. The Bertz CT molecular complexity index is 1900. The Morgan fingerprint density at radius 1 is 0.818 bits per heavy atom. The number of aromatic nitrogens is 2. The number of aryl methyl sites for hydroxylation is 1. The summed E-state index contributed by atoms with van der Waals surface area (Å²) in [6.07, 6.45) is 28.6. The van der Waals surface area contributed by atoms with Gasteiger partial charge in [0.2, 0.25) is 5.88 Å². The molecule has 0 unspecified atom stereocenters. The molecular weight excluding hydrogens is 823 g/mol. The van der Waals surface area contributed by atoms with Gasteiger partial charge in [0, 0.05) is 43.7 Å². The summed E-state index contributed by atoms with van der Waals surface area (Å²) in [6, 6.07) is 15.7. The molecule has 1 aliphatic carbocycles. The number of pyridine rings is 2. The van der Waals surface area contributed by atoms with Crippen LogP contribution in [0.2, 0.25) is 0 Å². The first kappa shape index (κ1) is 52.8. The summed E-state index contributed by atoms with van der Waals surface area (Å²) < 4.78 is 13.0. The number of rotatable bonds is 32. The van der Waals surface area contributed by atoms with E-state index in [1.807, 2.05) is 60.4 Å². The maximum atomic E-state index is 14.9. The number of ether oxygens (including phenoxy) is 2. The molecule has 1 N–H and O–H groups in total. The number of aliphatic carboxylic acids is 1. The third kappa shape index (κ3) is 18.8. The van der Waals surface area contributed by atoms with Gasteiger partial charge in [-0.05, 0) is 111 Å². The van der Waals surface area contributed by atoms with Crippen molar-refractivity contribution in [3.63, 3.8) is 0 Å². The van der Waals surface area contributed by atoms with Crippen LogP contribution < -0.4 is 19.3 Å². The Morgan fingerprint density at radius 2 is 1.42 bits per heavy atom. The SMILES string of the molecule is COc1ccc(C(=O)N(CC(C)(C)CCCCCCCCCCCCCCCCCC[N+](C)(C)C)c2cccc(C)n2)c(N2CCC(COc3cc([C@@H](CC(=O)O)C4CC4)ccn3)CC2)c1. The van der Waals surface area contributed by atoms with Gasteiger partial charge in [0.05, 0.1) is 59.1 Å². The van der Waals surface area contributed by atoms with E-state index in [1.54, 1.807) is 13.3 Å². The molecule has 0 radical (unpaired) electrons. The average molecular weight is 911 g/mol. The highest BCUT2D eigenvalue weighted by Crippen LogP contribution is 2.45. The van der Waals surface area contributed by atoms with E-state index in [0.717, 1.165) is 78.8 Å². The standard InChI is InChI=1S/C56H87N5O5/c1-44-25-24-26-52(58-44)60(43-56(2,3)34-22-20-18-16-14-12-10-8-9-11-13-15-17-19-21-23-38-61(4,5)6)55(64)49-30-29-48(65-7)40-51(49)59-36-32-45(33-37-59)42-66-53-39-47(31-35-57-53)50(41-54(62)63)46-27-28-46/h24-26,29-31,35,39-40,45-46,50H,8-23,27-28,32-34,36-38,41-43H2,1-7H3/p+1/t50-/m0/s1. The molecule has 366 valence electrons. The second-order valence-electron chi connectivity index (χ2n) is 21.7. The molecular formula is C56H88N5O5+. The van der Waals surface area contributed by atoms with Crippen LogP contribution in [0.15, 0.2) is 54.7 Å². The second-order valence-corrected chi connectivity index (χ2v) is 21.7. The zero-order valence-electron chi connectivity index (χ0n) is 42.3. The molecule has 5 rings (SSSR count). The highest BCUT2D eigenvalue weighted by atomic mass is 16.5. The van der Waals surface area contributed by atoms with Crippen LogP contribution in [0.3, 0.4) is 0 Å². The maximum absolute atomic E-state index is 14.9. The van der Waals surface area contributed by atoms with Crippen molar-refractivity contribution in [1.82, 2.24) is 9.97 Å². The van der Waals surface area contributed by atoms with Crippen LogP contribution in [-0.2, 0) is 4.79 Å². The van der Waals surface area contributed by atoms with E-state index in [2.05, 4.69) is 44.9 Å². The van der Waals surface area contributed by atoms with Crippen molar-refractivity contribution in [3.05, 3.63) is 71.5 Å². The third-order valence-corrected chi connectivity index (χ3v) is 14.0. The topological polar surface area (TPSA) is 105 Å². The monoisotopic (exact) mass is 911 g/mol. The zero-order valence-corrected chi connectivity index (χ0v) is 42.3. The Hall–Kier alpha value is -4.18. The first-order valence-electron chi connectivity index (χ1n) is 26.0. The summed E-state index contributed by atoms with van der Waals surface area (Å²) in [5, 5.41) is 9.51. The molecule has 1 saturated heterocycles. The summed E-state index contributed by atoms with van der Waals surface area (Å²) in [5.74, 6) is 1.94. The molecule has 2 aromatic heterocycles. The van der Waals surface area contributed by atoms with Gasteiger partial charge in [-0.3, -0.25) is 14.5 Å². The fourth-order valence-corrected chi connectivity index (χ4v) is 9.86. The number of amides is 1. The molecule has 2 fully saturated rings. The number of quaternary nitrogens is 1. The molecule has 10 heteroatoms. The Balaban J connectivity index is 1.06. The highest BCUT2D eigenvalue weighted by Gasteiger charge is 2.34. The van der Waals surface area contributed by atoms with Crippen molar-refractivity contribution in [2.75, 3.05) is 70.8 Å². The molecule has 3 aromatic rings. The molecule has 1 atom stereocenters. The Morgan fingerprint density at radius 3 is 1.98 bits per heavy atom. The lowest BCUT2D eigenvalue weighted by Crippen LogP contribution is -2.41. The number of carbonyl (C=O) groups excluding carboxylic acids is 1. The van der Waals surface area contributed by atoms with Gasteiger partial charge >= 0.3 is 5.97 Å². The van der Waals surface area contributed by atoms with Crippen LogP contribution >= 0.6 is 0 Å². The zero-order chi connectivity index (χ0) is 47.4. The normalized spacial score (nSPS) is 15.2. The molecule has 0 bridgehead atoms. The van der Waals surface area contributed by atoms with Crippen molar-refractivity contribution < 1.29 is 28.7 Å². The summed E-state index contributed by atoms with van der Waals surface area (Å²) in [7, 11) is 8.55. The van der Waals surface area contributed by atoms with E-state index in [9.17, 15) is 14.7 Å².